The van der Waals surface area contributed by atoms with E-state index in [0.717, 1.165) is 5.69 Å². The molecule has 0 saturated carbocycles. The van der Waals surface area contributed by atoms with Gasteiger partial charge in [0.2, 0.25) is 5.95 Å². The van der Waals surface area contributed by atoms with Crippen molar-refractivity contribution in [3.05, 3.63) is 40.5 Å². The summed E-state index contributed by atoms with van der Waals surface area (Å²) < 4.78 is 0.655. The van der Waals surface area contributed by atoms with E-state index in [1.165, 1.54) is 6.07 Å². The zero-order chi connectivity index (χ0) is 14.7. The SMILES string of the molecule is CN(C)c1nccc(Nc2ccc(C(=O)O)cc2Br)n1. The van der Waals surface area contributed by atoms with Gasteiger partial charge in [0.15, 0.2) is 0 Å². The van der Waals surface area contributed by atoms with Gasteiger partial charge in [-0.1, -0.05) is 0 Å². The van der Waals surface area contributed by atoms with Gasteiger partial charge >= 0.3 is 5.97 Å². The predicted octanol–water partition coefficient (Wildman–Crippen LogP) is 2.75. The van der Waals surface area contributed by atoms with E-state index >= 15 is 0 Å². The van der Waals surface area contributed by atoms with E-state index in [1.54, 1.807) is 29.3 Å². The Morgan fingerprint density at radius 3 is 2.70 bits per heavy atom. The van der Waals surface area contributed by atoms with Crippen LogP contribution in [-0.2, 0) is 0 Å². The van der Waals surface area contributed by atoms with Crippen LogP contribution in [0.3, 0.4) is 0 Å². The van der Waals surface area contributed by atoms with Gasteiger partial charge in [0, 0.05) is 24.8 Å². The number of carbonyl (C=O) groups is 1. The molecular weight excluding hydrogens is 324 g/mol. The molecule has 2 N–H and O–H groups in total. The minimum absolute atomic E-state index is 0.221. The Labute approximate surface area is 124 Å². The Hall–Kier alpha value is -2.15. The minimum Gasteiger partial charge on any atom is -0.478 e. The summed E-state index contributed by atoms with van der Waals surface area (Å²) in [5.74, 6) is 0.259. The van der Waals surface area contributed by atoms with Gasteiger partial charge < -0.3 is 15.3 Å². The van der Waals surface area contributed by atoms with Crippen LogP contribution in [0.25, 0.3) is 0 Å². The van der Waals surface area contributed by atoms with Crippen molar-refractivity contribution in [2.45, 2.75) is 0 Å². The Morgan fingerprint density at radius 1 is 1.35 bits per heavy atom. The van der Waals surface area contributed by atoms with Crippen molar-refractivity contribution in [1.82, 2.24) is 9.97 Å². The van der Waals surface area contributed by atoms with E-state index in [9.17, 15) is 4.79 Å². The molecule has 2 aromatic rings. The molecule has 0 spiro atoms. The Kier molecular flexibility index (Phi) is 4.19. The number of nitrogens with one attached hydrogen (secondary N) is 1. The van der Waals surface area contributed by atoms with Crippen molar-refractivity contribution < 1.29 is 9.90 Å². The van der Waals surface area contributed by atoms with Crippen LogP contribution < -0.4 is 10.2 Å². The van der Waals surface area contributed by atoms with E-state index < -0.39 is 5.97 Å². The van der Waals surface area contributed by atoms with Crippen molar-refractivity contribution in [1.29, 1.82) is 0 Å². The van der Waals surface area contributed by atoms with Crippen LogP contribution in [0.4, 0.5) is 17.5 Å². The van der Waals surface area contributed by atoms with Gasteiger partial charge in [-0.3, -0.25) is 0 Å². The first-order valence-electron chi connectivity index (χ1n) is 5.77. The summed E-state index contributed by atoms with van der Waals surface area (Å²) in [5, 5.41) is 12.0. The summed E-state index contributed by atoms with van der Waals surface area (Å²) in [6, 6.07) is 6.50. The molecule has 1 aromatic heterocycles. The van der Waals surface area contributed by atoms with Gasteiger partial charge in [-0.25, -0.2) is 9.78 Å². The molecule has 0 aliphatic rings. The molecule has 0 saturated heterocycles. The molecule has 104 valence electrons. The maximum atomic E-state index is 10.9. The van der Waals surface area contributed by atoms with E-state index in [0.29, 0.717) is 16.2 Å². The van der Waals surface area contributed by atoms with Crippen LogP contribution in [-0.4, -0.2) is 35.1 Å². The second-order valence-corrected chi connectivity index (χ2v) is 5.12. The number of hydrogen-bond donors (Lipinski definition) is 2. The molecule has 0 amide bonds. The number of rotatable bonds is 4. The van der Waals surface area contributed by atoms with Gasteiger partial charge in [0.25, 0.3) is 0 Å². The number of aromatic nitrogens is 2. The highest BCUT2D eigenvalue weighted by Crippen LogP contribution is 2.26. The van der Waals surface area contributed by atoms with Crippen molar-refractivity contribution in [3.8, 4) is 0 Å². The molecular formula is C13H13BrN4O2. The first-order chi connectivity index (χ1) is 9.47. The largest absolute Gasteiger partial charge is 0.478 e. The third-order valence-corrected chi connectivity index (χ3v) is 3.18. The van der Waals surface area contributed by atoms with Gasteiger partial charge in [0.1, 0.15) is 5.82 Å². The maximum absolute atomic E-state index is 10.9. The summed E-state index contributed by atoms with van der Waals surface area (Å²) >= 11 is 3.34. The number of nitrogens with zero attached hydrogens (tertiary/aromatic N) is 3. The van der Waals surface area contributed by atoms with E-state index in [2.05, 4.69) is 31.2 Å². The summed E-state index contributed by atoms with van der Waals surface area (Å²) in [7, 11) is 3.72. The third-order valence-electron chi connectivity index (χ3n) is 2.52. The average molecular weight is 337 g/mol. The third kappa shape index (κ3) is 3.24. The Bertz CT molecular complexity index is 646. The smallest absolute Gasteiger partial charge is 0.335 e. The van der Waals surface area contributed by atoms with Gasteiger partial charge in [-0.05, 0) is 40.2 Å². The number of carboxylic acid groups (broad SMARTS) is 1. The van der Waals surface area contributed by atoms with Crippen molar-refractivity contribution in [3.63, 3.8) is 0 Å². The van der Waals surface area contributed by atoms with Gasteiger partial charge in [-0.2, -0.15) is 4.98 Å². The van der Waals surface area contributed by atoms with Crippen LogP contribution in [0.2, 0.25) is 0 Å². The fourth-order valence-electron chi connectivity index (χ4n) is 1.52. The molecule has 0 unspecified atom stereocenters. The maximum Gasteiger partial charge on any atom is 0.335 e. The van der Waals surface area contributed by atoms with Crippen LogP contribution in [0.1, 0.15) is 10.4 Å². The number of hydrogen-bond acceptors (Lipinski definition) is 5. The van der Waals surface area contributed by atoms with Crippen LogP contribution >= 0.6 is 15.9 Å². The van der Waals surface area contributed by atoms with E-state index in [1.807, 2.05) is 14.1 Å². The minimum atomic E-state index is -0.964. The monoisotopic (exact) mass is 336 g/mol. The molecule has 0 atom stereocenters. The lowest BCUT2D eigenvalue weighted by molar-refractivity contribution is 0.0697. The molecule has 6 nitrogen and oxygen atoms in total. The molecule has 20 heavy (non-hydrogen) atoms. The quantitative estimate of drug-likeness (QED) is 0.893. The van der Waals surface area contributed by atoms with E-state index in [4.69, 9.17) is 5.11 Å². The zero-order valence-electron chi connectivity index (χ0n) is 11.0. The summed E-state index contributed by atoms with van der Waals surface area (Å²) in [6.45, 7) is 0. The number of carboxylic acids is 1. The molecule has 0 bridgehead atoms. The fourth-order valence-corrected chi connectivity index (χ4v) is 2.00. The predicted molar refractivity (Wildman–Crippen MR) is 80.7 cm³/mol. The highest BCUT2D eigenvalue weighted by atomic mass is 79.9. The van der Waals surface area contributed by atoms with Gasteiger partial charge in [0.05, 0.1) is 11.3 Å². The van der Waals surface area contributed by atoms with Crippen molar-refractivity contribution in [2.75, 3.05) is 24.3 Å². The van der Waals surface area contributed by atoms with Crippen molar-refractivity contribution >= 4 is 39.4 Å². The second kappa shape index (κ2) is 5.87. The normalized spacial score (nSPS) is 10.2. The standard InChI is InChI=1S/C13H13BrN4O2/c1-18(2)13-15-6-5-11(17-13)16-10-4-3-8(12(19)20)7-9(10)14/h3-7H,1-2H3,(H,19,20)(H,15,16,17). The molecule has 2 rings (SSSR count). The van der Waals surface area contributed by atoms with E-state index in [-0.39, 0.29) is 5.56 Å². The first-order valence-corrected chi connectivity index (χ1v) is 6.57. The average Bonchev–Trinajstić information content (AvgIpc) is 2.41. The molecule has 0 fully saturated rings. The molecule has 0 radical (unpaired) electrons. The zero-order valence-corrected chi connectivity index (χ0v) is 12.5. The number of halogens is 1. The number of anilines is 3. The van der Waals surface area contributed by atoms with Crippen LogP contribution in [0, 0.1) is 0 Å². The summed E-state index contributed by atoms with van der Waals surface area (Å²) in [5.41, 5.74) is 0.956. The molecule has 1 heterocycles. The number of aromatic carboxylic acids is 1. The first kappa shape index (κ1) is 14.3. The van der Waals surface area contributed by atoms with Crippen LogP contribution in [0.5, 0.6) is 0 Å². The lowest BCUT2D eigenvalue weighted by atomic mass is 10.2. The lowest BCUT2D eigenvalue weighted by Gasteiger charge is -2.12. The van der Waals surface area contributed by atoms with Crippen molar-refractivity contribution in [2.24, 2.45) is 0 Å². The second-order valence-electron chi connectivity index (χ2n) is 4.26. The molecule has 0 aliphatic heterocycles. The summed E-state index contributed by atoms with van der Waals surface area (Å²) in [6.07, 6.45) is 1.66. The lowest BCUT2D eigenvalue weighted by Crippen LogP contribution is -2.13. The Balaban J connectivity index is 2.26. The number of benzene rings is 1. The molecule has 7 heteroatoms. The molecule has 0 aliphatic carbocycles. The highest BCUT2D eigenvalue weighted by Gasteiger charge is 2.08. The topological polar surface area (TPSA) is 78.4 Å². The summed E-state index contributed by atoms with van der Waals surface area (Å²) in [4.78, 5) is 21.1. The fraction of sp³-hybridized carbons (Fsp3) is 0.154. The highest BCUT2D eigenvalue weighted by molar-refractivity contribution is 9.10. The Morgan fingerprint density at radius 2 is 2.10 bits per heavy atom. The van der Waals surface area contributed by atoms with Gasteiger partial charge in [-0.15, -0.1) is 0 Å². The van der Waals surface area contributed by atoms with Crippen LogP contribution in [0.15, 0.2) is 34.9 Å². The molecule has 1 aromatic carbocycles.